The topological polar surface area (TPSA) is 15.3 Å². The van der Waals surface area contributed by atoms with Crippen LogP contribution in [0.1, 0.15) is 6.92 Å². The van der Waals surface area contributed by atoms with Crippen molar-refractivity contribution in [2.45, 2.75) is 6.92 Å². The van der Waals surface area contributed by atoms with E-state index >= 15 is 0 Å². The van der Waals surface area contributed by atoms with Gasteiger partial charge in [-0.15, -0.1) is 0 Å². The van der Waals surface area contributed by atoms with Gasteiger partial charge in [0.25, 0.3) is 0 Å². The van der Waals surface area contributed by atoms with Gasteiger partial charge >= 0.3 is 0 Å². The molecule has 2 heteroatoms. The minimum Gasteiger partial charge on any atom is -0.386 e. The van der Waals surface area contributed by atoms with Crippen LogP contribution in [0.5, 0.6) is 0 Å². The van der Waals surface area contributed by atoms with Crippen LogP contribution in [0.4, 0.5) is 0 Å². The molecule has 0 radical (unpaired) electrons. The highest BCUT2D eigenvalue weighted by Gasteiger charge is 2.01. The van der Waals surface area contributed by atoms with Crippen LogP contribution in [0.25, 0.3) is 0 Å². The summed E-state index contributed by atoms with van der Waals surface area (Å²) < 4.78 is 0. The number of nitrogens with one attached hydrogen (secondary N) is 1. The predicted octanol–water partition coefficient (Wildman–Crippen LogP) is 1.74. The first-order valence-corrected chi connectivity index (χ1v) is 4.09. The zero-order valence-corrected chi connectivity index (χ0v) is 8.22. The van der Waals surface area contributed by atoms with Crippen molar-refractivity contribution in [2.24, 2.45) is 0 Å². The van der Waals surface area contributed by atoms with Gasteiger partial charge in [0.15, 0.2) is 0 Å². The molecule has 0 aromatic rings. The molecule has 0 aliphatic heterocycles. The third kappa shape index (κ3) is 2.46. The highest BCUT2D eigenvalue weighted by Crippen LogP contribution is 2.07. The van der Waals surface area contributed by atoms with Crippen molar-refractivity contribution in [2.75, 3.05) is 20.6 Å². The molecule has 0 unspecified atom stereocenters. The maximum absolute atomic E-state index is 3.76. The Bertz CT molecular complexity index is 192. The van der Waals surface area contributed by atoms with Gasteiger partial charge in [-0.1, -0.05) is 13.2 Å². The maximum Gasteiger partial charge on any atom is 0.0593 e. The molecule has 0 amide bonds. The second-order valence-corrected chi connectivity index (χ2v) is 2.47. The molecule has 0 heterocycles. The third-order valence-corrected chi connectivity index (χ3v) is 1.83. The summed E-state index contributed by atoms with van der Waals surface area (Å²) in [5.74, 6) is 0. The molecule has 0 aromatic heterocycles. The zero-order chi connectivity index (χ0) is 9.56. The Morgan fingerprint density at radius 3 is 2.25 bits per heavy atom. The lowest BCUT2D eigenvalue weighted by Crippen LogP contribution is -2.20. The monoisotopic (exact) mass is 166 g/mol. The van der Waals surface area contributed by atoms with E-state index in [1.807, 2.05) is 20.2 Å². The number of likely N-dealkylation sites (N-methyl/N-ethyl adjacent to an activating group) is 2. The van der Waals surface area contributed by atoms with Gasteiger partial charge < -0.3 is 10.2 Å². The second kappa shape index (κ2) is 5.47. The minimum absolute atomic E-state index is 0.959. The van der Waals surface area contributed by atoms with Crippen LogP contribution in [-0.2, 0) is 0 Å². The van der Waals surface area contributed by atoms with E-state index in [4.69, 9.17) is 0 Å². The molecule has 0 aliphatic carbocycles. The summed E-state index contributed by atoms with van der Waals surface area (Å²) in [6.45, 7) is 10.5. The van der Waals surface area contributed by atoms with Crippen LogP contribution in [0.15, 0.2) is 36.7 Å². The van der Waals surface area contributed by atoms with Crippen molar-refractivity contribution >= 4 is 0 Å². The molecule has 0 bridgehead atoms. The van der Waals surface area contributed by atoms with E-state index in [9.17, 15) is 0 Å². The van der Waals surface area contributed by atoms with E-state index in [0.29, 0.717) is 0 Å². The van der Waals surface area contributed by atoms with Gasteiger partial charge in [-0.05, 0) is 19.1 Å². The molecule has 0 rings (SSSR count). The smallest absolute Gasteiger partial charge is 0.0593 e. The van der Waals surface area contributed by atoms with E-state index in [2.05, 4.69) is 30.3 Å². The normalized spacial score (nSPS) is 11.6. The van der Waals surface area contributed by atoms with Crippen molar-refractivity contribution in [3.8, 4) is 0 Å². The fourth-order valence-corrected chi connectivity index (χ4v) is 0.976. The van der Waals surface area contributed by atoms with Crippen LogP contribution in [0.2, 0.25) is 0 Å². The van der Waals surface area contributed by atoms with Gasteiger partial charge in [0.1, 0.15) is 0 Å². The van der Waals surface area contributed by atoms with Gasteiger partial charge in [0.05, 0.1) is 11.4 Å². The highest BCUT2D eigenvalue weighted by atomic mass is 15.1. The molecule has 68 valence electrons. The van der Waals surface area contributed by atoms with Gasteiger partial charge in [0, 0.05) is 20.6 Å². The molecular formula is C10H18N2. The van der Waals surface area contributed by atoms with E-state index in [1.165, 1.54) is 0 Å². The number of allylic oxidation sites excluding steroid dienone is 2. The van der Waals surface area contributed by atoms with Crippen LogP contribution < -0.4 is 5.32 Å². The molecule has 0 atom stereocenters. The third-order valence-electron chi connectivity index (χ3n) is 1.83. The summed E-state index contributed by atoms with van der Waals surface area (Å²) in [7, 11) is 3.90. The Kier molecular flexibility index (Phi) is 4.93. The molecule has 12 heavy (non-hydrogen) atoms. The van der Waals surface area contributed by atoms with Crippen LogP contribution in [0.3, 0.4) is 0 Å². The summed E-state index contributed by atoms with van der Waals surface area (Å²) >= 11 is 0. The first kappa shape index (κ1) is 10.8. The SMILES string of the molecule is C=C/C(NC)=C(\C=C)N(C)CC. The first-order chi connectivity index (χ1) is 5.71. The summed E-state index contributed by atoms with van der Waals surface area (Å²) in [4.78, 5) is 2.11. The molecular weight excluding hydrogens is 148 g/mol. The lowest BCUT2D eigenvalue weighted by atomic mass is 10.3. The van der Waals surface area contributed by atoms with E-state index in [1.54, 1.807) is 6.08 Å². The standard InChI is InChI=1S/C10H18N2/c1-6-9(11-4)10(7-2)12(5)8-3/h6-7,11H,1-2,8H2,3-5H3/b10-9-. The molecule has 0 saturated carbocycles. The van der Waals surface area contributed by atoms with Gasteiger partial charge in [0.2, 0.25) is 0 Å². The van der Waals surface area contributed by atoms with E-state index in [-0.39, 0.29) is 0 Å². The quantitative estimate of drug-likeness (QED) is 0.626. The fraction of sp³-hybridized carbons (Fsp3) is 0.400. The number of hydrogen-bond donors (Lipinski definition) is 1. The summed E-state index contributed by atoms with van der Waals surface area (Å²) in [5, 5.41) is 3.07. The molecule has 2 nitrogen and oxygen atoms in total. The maximum atomic E-state index is 3.76. The molecule has 1 N–H and O–H groups in total. The predicted molar refractivity (Wildman–Crippen MR) is 54.8 cm³/mol. The van der Waals surface area contributed by atoms with Gasteiger partial charge in [-0.25, -0.2) is 0 Å². The van der Waals surface area contributed by atoms with Crippen LogP contribution >= 0.6 is 0 Å². The largest absolute Gasteiger partial charge is 0.386 e. The first-order valence-electron chi connectivity index (χ1n) is 4.09. The molecule has 0 aliphatic rings. The second-order valence-electron chi connectivity index (χ2n) is 2.47. The van der Waals surface area contributed by atoms with Crippen molar-refractivity contribution < 1.29 is 0 Å². The Hall–Kier alpha value is -1.18. The average Bonchev–Trinajstić information content (AvgIpc) is 2.12. The zero-order valence-electron chi connectivity index (χ0n) is 8.22. The molecule has 0 fully saturated rings. The highest BCUT2D eigenvalue weighted by molar-refractivity contribution is 5.28. The minimum atomic E-state index is 0.959. The Morgan fingerprint density at radius 2 is 2.00 bits per heavy atom. The van der Waals surface area contributed by atoms with Crippen molar-refractivity contribution in [1.29, 1.82) is 0 Å². The number of nitrogens with zero attached hydrogens (tertiary/aromatic N) is 1. The van der Waals surface area contributed by atoms with Crippen LogP contribution in [0, 0.1) is 0 Å². The Balaban J connectivity index is 4.80. The van der Waals surface area contributed by atoms with Crippen molar-refractivity contribution in [3.05, 3.63) is 36.7 Å². The molecule has 0 aromatic carbocycles. The van der Waals surface area contributed by atoms with E-state index in [0.717, 1.165) is 17.9 Å². The Morgan fingerprint density at radius 1 is 1.42 bits per heavy atom. The van der Waals surface area contributed by atoms with Gasteiger partial charge in [-0.2, -0.15) is 0 Å². The lowest BCUT2D eigenvalue weighted by molar-refractivity contribution is 0.450. The number of hydrogen-bond acceptors (Lipinski definition) is 2. The van der Waals surface area contributed by atoms with Crippen molar-refractivity contribution in [1.82, 2.24) is 10.2 Å². The van der Waals surface area contributed by atoms with Crippen molar-refractivity contribution in [3.63, 3.8) is 0 Å². The molecule has 0 saturated heterocycles. The Labute approximate surface area is 75.3 Å². The summed E-state index contributed by atoms with van der Waals surface area (Å²) in [6.07, 6.45) is 3.63. The van der Waals surface area contributed by atoms with E-state index < -0.39 is 0 Å². The lowest BCUT2D eigenvalue weighted by Gasteiger charge is -2.20. The van der Waals surface area contributed by atoms with Crippen LogP contribution in [-0.4, -0.2) is 25.5 Å². The summed E-state index contributed by atoms with van der Waals surface area (Å²) in [5.41, 5.74) is 2.09. The summed E-state index contributed by atoms with van der Waals surface area (Å²) in [6, 6.07) is 0. The van der Waals surface area contributed by atoms with Gasteiger partial charge in [-0.3, -0.25) is 0 Å². The molecule has 0 spiro atoms. The average molecular weight is 166 g/mol. The number of rotatable bonds is 5. The fourth-order valence-electron chi connectivity index (χ4n) is 0.976.